The first-order valence-corrected chi connectivity index (χ1v) is 10.3. The molecule has 5 nitrogen and oxygen atoms in total. The van der Waals surface area contributed by atoms with E-state index in [-0.39, 0.29) is 29.1 Å². The summed E-state index contributed by atoms with van der Waals surface area (Å²) in [6.45, 7) is 0.966. The Balaban J connectivity index is 1.47. The number of rotatable bonds is 7. The summed E-state index contributed by atoms with van der Waals surface area (Å²) in [7, 11) is 1.59. The van der Waals surface area contributed by atoms with Crippen molar-refractivity contribution in [3.63, 3.8) is 0 Å². The van der Waals surface area contributed by atoms with Crippen molar-refractivity contribution in [2.24, 2.45) is 29.1 Å². The largest absolute Gasteiger partial charge is 0.384 e. The summed E-state index contributed by atoms with van der Waals surface area (Å²) in [5, 5.41) is 6.11. The van der Waals surface area contributed by atoms with Crippen LogP contribution in [0.15, 0.2) is 40.9 Å². The van der Waals surface area contributed by atoms with Crippen LogP contribution in [0.1, 0.15) is 19.3 Å². The van der Waals surface area contributed by atoms with Crippen molar-refractivity contribution in [1.82, 2.24) is 5.32 Å². The van der Waals surface area contributed by atoms with Crippen LogP contribution in [0.5, 0.6) is 0 Å². The lowest BCUT2D eigenvalue weighted by molar-refractivity contribution is -0.124. The fraction of sp³-hybridized carbons (Fsp3) is 0.524. The fourth-order valence-corrected chi connectivity index (χ4v) is 5.34. The van der Waals surface area contributed by atoms with E-state index in [1.54, 1.807) is 7.11 Å². The molecule has 4 rings (SSSR count). The van der Waals surface area contributed by atoms with Crippen molar-refractivity contribution >= 4 is 33.4 Å². The topological polar surface area (TPSA) is 67.4 Å². The zero-order valence-electron chi connectivity index (χ0n) is 15.4. The molecule has 0 aliphatic heterocycles. The highest BCUT2D eigenvalue weighted by Gasteiger charge is 2.68. The van der Waals surface area contributed by atoms with Gasteiger partial charge in [-0.1, -0.05) is 28.1 Å². The maximum atomic E-state index is 13.1. The highest BCUT2D eigenvalue weighted by Crippen LogP contribution is 2.71. The minimum Gasteiger partial charge on any atom is -0.384 e. The highest BCUT2D eigenvalue weighted by molar-refractivity contribution is 9.10. The summed E-state index contributed by atoms with van der Waals surface area (Å²) in [6.07, 6.45) is 7.25. The van der Waals surface area contributed by atoms with E-state index in [4.69, 9.17) is 4.74 Å². The second-order valence-corrected chi connectivity index (χ2v) is 8.82. The van der Waals surface area contributed by atoms with Gasteiger partial charge in [0.15, 0.2) is 0 Å². The first-order valence-electron chi connectivity index (χ1n) is 9.55. The molecule has 0 radical (unpaired) electrons. The molecule has 6 heteroatoms. The molecule has 1 aromatic rings. The summed E-state index contributed by atoms with van der Waals surface area (Å²) < 4.78 is 5.95. The van der Waals surface area contributed by atoms with E-state index in [0.29, 0.717) is 31.4 Å². The molecule has 1 aromatic carbocycles. The van der Waals surface area contributed by atoms with Crippen molar-refractivity contribution in [1.29, 1.82) is 0 Å². The molecule has 0 aromatic heterocycles. The summed E-state index contributed by atoms with van der Waals surface area (Å²) in [5.74, 6) is 0.806. The Morgan fingerprint density at radius 3 is 2.56 bits per heavy atom. The Morgan fingerprint density at radius 2 is 1.89 bits per heavy atom. The molecule has 0 heterocycles. The number of methoxy groups -OCH3 is 1. The first kappa shape index (κ1) is 18.7. The number of allylic oxidation sites excluding steroid dienone is 2. The van der Waals surface area contributed by atoms with Crippen LogP contribution in [0, 0.1) is 29.1 Å². The zero-order chi connectivity index (χ0) is 19.0. The Bertz CT molecular complexity index is 757. The summed E-state index contributed by atoms with van der Waals surface area (Å²) >= 11 is 3.42. The molecule has 0 unspecified atom stereocenters. The van der Waals surface area contributed by atoms with E-state index in [2.05, 4.69) is 38.7 Å². The summed E-state index contributed by atoms with van der Waals surface area (Å²) in [5.41, 5.74) is 1.08. The predicted molar refractivity (Wildman–Crippen MR) is 107 cm³/mol. The smallest absolute Gasteiger partial charge is 0.228 e. The average Bonchev–Trinajstić information content (AvgIpc) is 3.33. The number of benzene rings is 1. The van der Waals surface area contributed by atoms with Crippen LogP contribution in [0.25, 0.3) is 0 Å². The number of hydrogen-bond acceptors (Lipinski definition) is 3. The lowest BCUT2D eigenvalue weighted by atomic mass is 9.82. The first-order chi connectivity index (χ1) is 13.0. The molecule has 2 bridgehead atoms. The highest BCUT2D eigenvalue weighted by atomic mass is 79.9. The molecule has 2 fully saturated rings. The van der Waals surface area contributed by atoms with Crippen molar-refractivity contribution < 1.29 is 14.3 Å². The Morgan fingerprint density at radius 1 is 1.19 bits per heavy atom. The van der Waals surface area contributed by atoms with Gasteiger partial charge in [-0.05, 0) is 60.3 Å². The standard InChI is InChI=1S/C21H25BrN2O3/c1-27-11-8-18(25)23-12-15-16-6-7-17(21(16)9-10-21)19(15)20(26)24-14-4-2-13(22)3-5-14/h2-7,15-17,19H,8-12H2,1H3,(H,23,25)(H,24,26)/t15-,16-,17+,19+/m1/s1. The zero-order valence-corrected chi connectivity index (χ0v) is 17.0. The SMILES string of the molecule is COCCC(=O)NC[C@H]1[C@H](C(=O)Nc2ccc(Br)cc2)[C@@H]2C=C[C@H]1C21CC1. The normalized spacial score (nSPS) is 29.1. The van der Waals surface area contributed by atoms with Crippen molar-refractivity contribution in [2.45, 2.75) is 19.3 Å². The molecule has 0 saturated heterocycles. The van der Waals surface area contributed by atoms with E-state index < -0.39 is 0 Å². The maximum Gasteiger partial charge on any atom is 0.228 e. The predicted octanol–water partition coefficient (Wildman–Crippen LogP) is 3.37. The molecule has 3 aliphatic rings. The minimum absolute atomic E-state index is 0.0134. The van der Waals surface area contributed by atoms with Crippen LogP contribution < -0.4 is 10.6 Å². The van der Waals surface area contributed by atoms with E-state index in [1.165, 1.54) is 12.8 Å². The van der Waals surface area contributed by atoms with Gasteiger partial charge in [-0.2, -0.15) is 0 Å². The minimum atomic E-state index is -0.0890. The van der Waals surface area contributed by atoms with Gasteiger partial charge >= 0.3 is 0 Å². The van der Waals surface area contributed by atoms with Crippen LogP contribution in [0.2, 0.25) is 0 Å². The third-order valence-electron chi connectivity index (χ3n) is 6.47. The Hall–Kier alpha value is -1.66. The lowest BCUT2D eigenvalue weighted by Crippen LogP contribution is -2.39. The van der Waals surface area contributed by atoms with E-state index in [9.17, 15) is 9.59 Å². The van der Waals surface area contributed by atoms with Crippen molar-refractivity contribution in [3.05, 3.63) is 40.9 Å². The van der Waals surface area contributed by atoms with Crippen LogP contribution >= 0.6 is 15.9 Å². The third kappa shape index (κ3) is 3.45. The van der Waals surface area contributed by atoms with E-state index >= 15 is 0 Å². The van der Waals surface area contributed by atoms with E-state index in [0.717, 1.165) is 10.2 Å². The summed E-state index contributed by atoms with van der Waals surface area (Å²) in [4.78, 5) is 25.2. The van der Waals surface area contributed by atoms with Crippen molar-refractivity contribution in [3.8, 4) is 0 Å². The number of halogens is 1. The lowest BCUT2D eigenvalue weighted by Gasteiger charge is -2.27. The monoisotopic (exact) mass is 432 g/mol. The number of ether oxygens (including phenoxy) is 1. The Labute approximate surface area is 168 Å². The van der Waals surface area contributed by atoms with Gasteiger partial charge < -0.3 is 15.4 Å². The molecule has 144 valence electrons. The maximum absolute atomic E-state index is 13.1. The van der Waals surface area contributed by atoms with Crippen LogP contribution in [0.4, 0.5) is 5.69 Å². The molecule has 2 N–H and O–H groups in total. The molecule has 2 amide bonds. The van der Waals surface area contributed by atoms with Crippen LogP contribution in [-0.4, -0.2) is 32.1 Å². The molecular weight excluding hydrogens is 408 g/mol. The molecular formula is C21H25BrN2O3. The van der Waals surface area contributed by atoms with Gasteiger partial charge in [0, 0.05) is 30.2 Å². The average molecular weight is 433 g/mol. The van der Waals surface area contributed by atoms with Crippen LogP contribution in [-0.2, 0) is 14.3 Å². The van der Waals surface area contributed by atoms with Crippen molar-refractivity contribution in [2.75, 3.05) is 25.6 Å². The number of nitrogens with one attached hydrogen (secondary N) is 2. The van der Waals surface area contributed by atoms with Gasteiger partial charge in [0.2, 0.25) is 11.8 Å². The number of carbonyl (C=O) groups is 2. The Kier molecular flexibility index (Phi) is 5.12. The summed E-state index contributed by atoms with van der Waals surface area (Å²) in [6, 6.07) is 7.65. The molecule has 3 aliphatic carbocycles. The molecule has 1 spiro atoms. The molecule has 2 saturated carbocycles. The van der Waals surface area contributed by atoms with E-state index in [1.807, 2.05) is 24.3 Å². The van der Waals surface area contributed by atoms with Gasteiger partial charge in [-0.3, -0.25) is 9.59 Å². The van der Waals surface area contributed by atoms with Gasteiger partial charge in [0.05, 0.1) is 12.5 Å². The molecule has 27 heavy (non-hydrogen) atoms. The second-order valence-electron chi connectivity index (χ2n) is 7.90. The third-order valence-corrected chi connectivity index (χ3v) is 7.00. The van der Waals surface area contributed by atoms with Gasteiger partial charge in [0.1, 0.15) is 0 Å². The van der Waals surface area contributed by atoms with Gasteiger partial charge in [0.25, 0.3) is 0 Å². The fourth-order valence-electron chi connectivity index (χ4n) is 5.08. The van der Waals surface area contributed by atoms with Gasteiger partial charge in [-0.15, -0.1) is 0 Å². The van der Waals surface area contributed by atoms with Crippen LogP contribution in [0.3, 0.4) is 0 Å². The number of amides is 2. The molecule has 4 atom stereocenters. The quantitative estimate of drug-likeness (QED) is 0.648. The number of carbonyl (C=O) groups excluding carboxylic acids is 2. The second kappa shape index (κ2) is 7.40. The number of hydrogen-bond donors (Lipinski definition) is 2. The number of anilines is 1. The van der Waals surface area contributed by atoms with Gasteiger partial charge in [-0.25, -0.2) is 0 Å².